The molecule has 1 aliphatic rings. The number of ether oxygens (including phenoxy) is 2. The number of aliphatic hydroxyl groups is 4. The molecule has 6 atom stereocenters. The van der Waals surface area contributed by atoms with Crippen LogP contribution in [0.25, 0.3) is 0 Å². The van der Waals surface area contributed by atoms with Crippen LogP contribution in [0.15, 0.2) is 0 Å². The van der Waals surface area contributed by atoms with Gasteiger partial charge < -0.3 is 40.3 Å². The molecule has 6 N–H and O–H groups in total. The smallest absolute Gasteiger partial charge is 0.364 e. The fourth-order valence-corrected chi connectivity index (χ4v) is 2.33. The minimum atomic E-state index is -2.82. The van der Waals surface area contributed by atoms with E-state index in [2.05, 4.69) is 10.1 Å². The van der Waals surface area contributed by atoms with Crippen molar-refractivity contribution in [2.24, 2.45) is 0 Å². The average Bonchev–Trinajstić information content (AvgIpc) is 2.46. The van der Waals surface area contributed by atoms with Gasteiger partial charge in [-0.15, -0.1) is 0 Å². The van der Waals surface area contributed by atoms with Crippen LogP contribution in [-0.2, 0) is 23.9 Å². The minimum absolute atomic E-state index is 0.616. The van der Waals surface area contributed by atoms with Crippen LogP contribution < -0.4 is 5.32 Å². The first-order valence-corrected chi connectivity index (χ1v) is 7.06. The van der Waals surface area contributed by atoms with E-state index in [0.29, 0.717) is 0 Å². The van der Waals surface area contributed by atoms with E-state index in [0.717, 1.165) is 13.8 Å². The topological polar surface area (TPSA) is 183 Å². The van der Waals surface area contributed by atoms with Gasteiger partial charge >= 0.3 is 11.9 Å². The Morgan fingerprint density at radius 1 is 1.33 bits per heavy atom. The Bertz CT molecular complexity index is 497. The summed E-state index contributed by atoms with van der Waals surface area (Å²) in [6.07, 6.45) is -7.61. The first-order chi connectivity index (χ1) is 11.0. The average molecular weight is 351 g/mol. The second kappa shape index (κ2) is 7.85. The monoisotopic (exact) mass is 351 g/mol. The lowest BCUT2D eigenvalue weighted by Crippen LogP contribution is -2.67. The highest BCUT2D eigenvalue weighted by molar-refractivity contribution is 5.76. The molecule has 0 aromatic rings. The molecule has 1 rings (SSSR count). The van der Waals surface area contributed by atoms with Crippen molar-refractivity contribution < 1.29 is 49.4 Å². The van der Waals surface area contributed by atoms with E-state index in [4.69, 9.17) is 9.84 Å². The molecule has 0 aliphatic carbocycles. The Labute approximate surface area is 136 Å². The second-order valence-electron chi connectivity index (χ2n) is 5.53. The highest BCUT2D eigenvalue weighted by Gasteiger charge is 2.53. The van der Waals surface area contributed by atoms with Gasteiger partial charge in [0.15, 0.2) is 0 Å². The molecule has 1 saturated heterocycles. The molecule has 138 valence electrons. The molecular formula is C13H21NO10. The van der Waals surface area contributed by atoms with Crippen LogP contribution in [-0.4, -0.2) is 86.2 Å². The third kappa shape index (κ3) is 4.85. The van der Waals surface area contributed by atoms with Crippen molar-refractivity contribution in [1.82, 2.24) is 5.32 Å². The molecule has 1 fully saturated rings. The molecule has 0 bridgehead atoms. The van der Waals surface area contributed by atoms with Crippen LogP contribution >= 0.6 is 0 Å². The second-order valence-corrected chi connectivity index (χ2v) is 5.53. The zero-order chi connectivity index (χ0) is 18.7. The van der Waals surface area contributed by atoms with E-state index in [1.54, 1.807) is 0 Å². The van der Waals surface area contributed by atoms with Crippen LogP contribution in [0.4, 0.5) is 0 Å². The summed E-state index contributed by atoms with van der Waals surface area (Å²) in [5, 5.41) is 51.2. The highest BCUT2D eigenvalue weighted by Crippen LogP contribution is 2.30. The Kier molecular flexibility index (Phi) is 6.63. The van der Waals surface area contributed by atoms with Gasteiger partial charge in [0.25, 0.3) is 5.79 Å². The van der Waals surface area contributed by atoms with Gasteiger partial charge in [-0.25, -0.2) is 4.79 Å². The predicted molar refractivity (Wildman–Crippen MR) is 74.3 cm³/mol. The van der Waals surface area contributed by atoms with Gasteiger partial charge in [-0.05, 0) is 0 Å². The number of esters is 1. The standard InChI is InChI=1S/C13H21NO10/c1-5(15)14-9-7(17)3-13(22,12(20)21)24-11(9)10(19)8(18)4-23-6(2)16/h7-11,17-19,22H,3-4H2,1-2H3,(H,14,15)(H,20,21)/t7-,8+,9+,10+,11+,13-/m0/s1. The molecule has 0 spiro atoms. The minimum Gasteiger partial charge on any atom is -0.477 e. The lowest BCUT2D eigenvalue weighted by molar-refractivity contribution is -0.295. The summed E-state index contributed by atoms with van der Waals surface area (Å²) in [6, 6.07) is -1.30. The third-order valence-corrected chi connectivity index (χ3v) is 3.48. The maximum Gasteiger partial charge on any atom is 0.364 e. The fraction of sp³-hybridized carbons (Fsp3) is 0.769. The number of amides is 1. The fourth-order valence-electron chi connectivity index (χ4n) is 2.33. The number of carboxylic acid groups (broad SMARTS) is 1. The summed E-state index contributed by atoms with van der Waals surface area (Å²) in [5.74, 6) is -5.97. The number of hydrogen-bond donors (Lipinski definition) is 6. The van der Waals surface area contributed by atoms with Crippen LogP contribution in [0.3, 0.4) is 0 Å². The van der Waals surface area contributed by atoms with Gasteiger partial charge in [0.1, 0.15) is 24.9 Å². The van der Waals surface area contributed by atoms with Gasteiger partial charge in [-0.3, -0.25) is 9.59 Å². The van der Waals surface area contributed by atoms with Crippen molar-refractivity contribution in [3.8, 4) is 0 Å². The lowest BCUT2D eigenvalue weighted by atomic mass is 9.88. The van der Waals surface area contributed by atoms with Crippen LogP contribution in [0.1, 0.15) is 20.3 Å². The molecule has 1 aliphatic heterocycles. The number of rotatable bonds is 6. The quantitative estimate of drug-likeness (QED) is 0.265. The van der Waals surface area contributed by atoms with Crippen molar-refractivity contribution in [2.75, 3.05) is 6.61 Å². The Hall–Kier alpha value is -1.79. The van der Waals surface area contributed by atoms with Crippen molar-refractivity contribution in [2.45, 2.75) is 56.5 Å². The summed E-state index contributed by atoms with van der Waals surface area (Å²) in [4.78, 5) is 33.1. The molecular weight excluding hydrogens is 330 g/mol. The molecule has 24 heavy (non-hydrogen) atoms. The molecule has 0 saturated carbocycles. The van der Waals surface area contributed by atoms with E-state index < -0.39 is 67.1 Å². The molecule has 0 radical (unpaired) electrons. The van der Waals surface area contributed by atoms with Gasteiger partial charge in [-0.2, -0.15) is 0 Å². The maximum atomic E-state index is 11.2. The molecule has 11 nitrogen and oxygen atoms in total. The lowest BCUT2D eigenvalue weighted by Gasteiger charge is -2.44. The Balaban J connectivity index is 3.01. The van der Waals surface area contributed by atoms with Crippen molar-refractivity contribution in [3.05, 3.63) is 0 Å². The molecule has 11 heteroatoms. The summed E-state index contributed by atoms with van der Waals surface area (Å²) in [6.45, 7) is 1.55. The van der Waals surface area contributed by atoms with Crippen molar-refractivity contribution in [1.29, 1.82) is 0 Å². The van der Waals surface area contributed by atoms with E-state index in [1.807, 2.05) is 0 Å². The number of carboxylic acids is 1. The SMILES string of the molecule is CC(=O)N[C@H]1[C@H]([C@H](O)[C@H](O)COC(C)=O)O[C@](O)(C(=O)O)C[C@@H]1O. The van der Waals surface area contributed by atoms with Gasteiger partial charge in [0, 0.05) is 20.3 Å². The van der Waals surface area contributed by atoms with Gasteiger partial charge in [0.2, 0.25) is 5.91 Å². The number of nitrogens with one attached hydrogen (secondary N) is 1. The summed E-state index contributed by atoms with van der Waals surface area (Å²) < 4.78 is 9.46. The normalized spacial score (nSPS) is 32.5. The number of aliphatic carboxylic acids is 1. The van der Waals surface area contributed by atoms with E-state index in [1.165, 1.54) is 0 Å². The zero-order valence-electron chi connectivity index (χ0n) is 13.1. The first-order valence-electron chi connectivity index (χ1n) is 7.06. The van der Waals surface area contributed by atoms with E-state index in [9.17, 15) is 34.8 Å². The Morgan fingerprint density at radius 2 is 1.92 bits per heavy atom. The molecule has 0 aromatic carbocycles. The van der Waals surface area contributed by atoms with Crippen molar-refractivity contribution in [3.63, 3.8) is 0 Å². The number of carbonyl (C=O) groups is 3. The summed E-state index contributed by atoms with van der Waals surface area (Å²) in [5.41, 5.74) is 0. The Morgan fingerprint density at radius 3 is 2.38 bits per heavy atom. The summed E-state index contributed by atoms with van der Waals surface area (Å²) >= 11 is 0. The van der Waals surface area contributed by atoms with Crippen LogP contribution in [0, 0.1) is 0 Å². The van der Waals surface area contributed by atoms with E-state index in [-0.39, 0.29) is 0 Å². The summed E-state index contributed by atoms with van der Waals surface area (Å²) in [7, 11) is 0. The molecule has 0 unspecified atom stereocenters. The first kappa shape index (κ1) is 20.3. The number of aliphatic hydroxyl groups excluding tert-OH is 3. The maximum absolute atomic E-state index is 11.2. The number of hydrogen-bond acceptors (Lipinski definition) is 9. The van der Waals surface area contributed by atoms with Crippen molar-refractivity contribution >= 4 is 17.8 Å². The van der Waals surface area contributed by atoms with Gasteiger partial charge in [0.05, 0.1) is 12.1 Å². The number of carbonyl (C=O) groups excluding carboxylic acids is 2. The van der Waals surface area contributed by atoms with E-state index >= 15 is 0 Å². The largest absolute Gasteiger partial charge is 0.477 e. The molecule has 0 aromatic heterocycles. The molecule has 1 amide bonds. The third-order valence-electron chi connectivity index (χ3n) is 3.48. The van der Waals surface area contributed by atoms with Crippen LogP contribution in [0.5, 0.6) is 0 Å². The van der Waals surface area contributed by atoms with Crippen LogP contribution in [0.2, 0.25) is 0 Å². The zero-order valence-corrected chi connectivity index (χ0v) is 13.1. The molecule has 1 heterocycles. The predicted octanol–water partition coefficient (Wildman–Crippen LogP) is -3.30. The highest BCUT2D eigenvalue weighted by atomic mass is 16.7. The van der Waals surface area contributed by atoms with Gasteiger partial charge in [-0.1, -0.05) is 0 Å².